The number of allylic oxidation sites excluding steroid dienone is 1. The maximum Gasteiger partial charge on any atom is 0.416 e. The van der Waals surface area contributed by atoms with Gasteiger partial charge in [0.05, 0.1) is 5.56 Å². The molecule has 0 unspecified atom stereocenters. The standard InChI is InChI=1S/C17H13F3/c1-13(15-5-3-2-4-6-15)7-8-14-9-11-16(12-10-14)17(18,19)20/h2-6,8-12H,1H3. The Labute approximate surface area is 115 Å². The smallest absolute Gasteiger partial charge is 0.166 e. The van der Waals surface area contributed by atoms with E-state index in [0.717, 1.165) is 23.3 Å². The van der Waals surface area contributed by atoms with E-state index in [9.17, 15) is 13.2 Å². The first-order valence-corrected chi connectivity index (χ1v) is 6.13. The molecule has 0 heterocycles. The Morgan fingerprint density at radius 2 is 1.55 bits per heavy atom. The first-order valence-electron chi connectivity index (χ1n) is 6.13. The third kappa shape index (κ3) is 3.62. The highest BCUT2D eigenvalue weighted by molar-refractivity contribution is 5.67. The number of hydrogen-bond donors (Lipinski definition) is 0. The summed E-state index contributed by atoms with van der Waals surface area (Å²) in [6.07, 6.45) is -2.61. The third-order valence-electron chi connectivity index (χ3n) is 2.90. The van der Waals surface area contributed by atoms with Crippen LogP contribution in [-0.2, 0) is 6.18 Å². The van der Waals surface area contributed by atoms with Crippen molar-refractivity contribution in [2.45, 2.75) is 13.1 Å². The normalized spacial score (nSPS) is 10.8. The van der Waals surface area contributed by atoms with Crippen LogP contribution in [0.3, 0.4) is 0 Å². The maximum absolute atomic E-state index is 12.4. The average Bonchev–Trinajstić information content (AvgIpc) is 2.45. The van der Waals surface area contributed by atoms with E-state index in [1.54, 1.807) is 6.08 Å². The highest BCUT2D eigenvalue weighted by Gasteiger charge is 2.29. The molecule has 20 heavy (non-hydrogen) atoms. The van der Waals surface area contributed by atoms with Gasteiger partial charge in [0.15, 0.2) is 0 Å². The zero-order chi connectivity index (χ0) is 14.6. The van der Waals surface area contributed by atoms with Gasteiger partial charge in [-0.25, -0.2) is 0 Å². The van der Waals surface area contributed by atoms with Crippen molar-refractivity contribution in [3.05, 3.63) is 77.0 Å². The topological polar surface area (TPSA) is 0 Å². The molecule has 0 aromatic heterocycles. The van der Waals surface area contributed by atoms with Crippen molar-refractivity contribution in [1.29, 1.82) is 0 Å². The predicted molar refractivity (Wildman–Crippen MR) is 74.9 cm³/mol. The van der Waals surface area contributed by atoms with E-state index in [4.69, 9.17) is 0 Å². The Balaban J connectivity index is 2.24. The highest BCUT2D eigenvalue weighted by Crippen LogP contribution is 2.29. The number of alkyl halides is 3. The summed E-state index contributed by atoms with van der Waals surface area (Å²) in [6.45, 7) is 1.91. The van der Waals surface area contributed by atoms with Gasteiger partial charge in [-0.2, -0.15) is 13.2 Å². The summed E-state index contributed by atoms with van der Waals surface area (Å²) in [4.78, 5) is 0. The molecule has 0 nitrogen and oxygen atoms in total. The molecule has 2 aromatic rings. The third-order valence-corrected chi connectivity index (χ3v) is 2.90. The van der Waals surface area contributed by atoms with Crippen LogP contribution in [0.4, 0.5) is 13.2 Å². The van der Waals surface area contributed by atoms with Crippen LogP contribution in [-0.4, -0.2) is 0 Å². The number of rotatable bonds is 2. The fourth-order valence-electron chi connectivity index (χ4n) is 1.73. The van der Waals surface area contributed by atoms with Crippen molar-refractivity contribution in [1.82, 2.24) is 0 Å². The maximum atomic E-state index is 12.4. The van der Waals surface area contributed by atoms with E-state index in [2.05, 4.69) is 5.73 Å². The molecule has 0 radical (unpaired) electrons. The van der Waals surface area contributed by atoms with Crippen LogP contribution in [0.2, 0.25) is 0 Å². The first-order chi connectivity index (χ1) is 9.47. The predicted octanol–water partition coefficient (Wildman–Crippen LogP) is 5.42. The monoisotopic (exact) mass is 274 g/mol. The van der Waals surface area contributed by atoms with E-state index in [0.29, 0.717) is 5.56 Å². The fourth-order valence-corrected chi connectivity index (χ4v) is 1.73. The van der Waals surface area contributed by atoms with Gasteiger partial charge in [-0.3, -0.25) is 0 Å². The minimum atomic E-state index is -4.29. The molecule has 2 aromatic carbocycles. The second-order valence-corrected chi connectivity index (χ2v) is 4.40. The summed E-state index contributed by atoms with van der Waals surface area (Å²) < 4.78 is 37.3. The average molecular weight is 274 g/mol. The molecule has 0 saturated carbocycles. The molecule has 0 fully saturated rings. The van der Waals surface area contributed by atoms with E-state index >= 15 is 0 Å². The largest absolute Gasteiger partial charge is 0.416 e. The van der Waals surface area contributed by atoms with Crippen molar-refractivity contribution in [3.8, 4) is 0 Å². The second-order valence-electron chi connectivity index (χ2n) is 4.40. The van der Waals surface area contributed by atoms with Gasteiger partial charge in [0, 0.05) is 0 Å². The molecular formula is C17H13F3. The van der Waals surface area contributed by atoms with Crippen molar-refractivity contribution in [2.24, 2.45) is 0 Å². The first kappa shape index (κ1) is 14.2. The molecule has 0 saturated heterocycles. The molecule has 0 bridgehead atoms. The second kappa shape index (κ2) is 5.81. The number of hydrogen-bond acceptors (Lipinski definition) is 0. The Hall–Kier alpha value is -2.25. The van der Waals surface area contributed by atoms with E-state index in [-0.39, 0.29) is 0 Å². The Morgan fingerprint density at radius 3 is 2.10 bits per heavy atom. The van der Waals surface area contributed by atoms with Crippen molar-refractivity contribution >= 4 is 11.6 Å². The van der Waals surface area contributed by atoms with E-state index in [1.165, 1.54) is 12.1 Å². The zero-order valence-electron chi connectivity index (χ0n) is 10.9. The van der Waals surface area contributed by atoms with Gasteiger partial charge in [0.2, 0.25) is 0 Å². The molecule has 0 aliphatic rings. The lowest BCUT2D eigenvalue weighted by atomic mass is 10.1. The van der Waals surface area contributed by atoms with Gasteiger partial charge < -0.3 is 0 Å². The van der Waals surface area contributed by atoms with Crippen molar-refractivity contribution in [3.63, 3.8) is 0 Å². The van der Waals surface area contributed by atoms with E-state index in [1.807, 2.05) is 37.3 Å². The molecule has 0 amide bonds. The Kier molecular flexibility index (Phi) is 4.11. The van der Waals surface area contributed by atoms with Gasteiger partial charge in [-0.05, 0) is 41.8 Å². The summed E-state index contributed by atoms with van der Waals surface area (Å²) in [7, 11) is 0. The van der Waals surface area contributed by atoms with Crippen LogP contribution in [0.1, 0.15) is 23.6 Å². The molecule has 2 rings (SSSR count). The van der Waals surface area contributed by atoms with Crippen LogP contribution in [0.25, 0.3) is 11.6 Å². The fraction of sp³-hybridized carbons (Fsp3) is 0.118. The summed E-state index contributed by atoms with van der Waals surface area (Å²) >= 11 is 0. The minimum absolute atomic E-state index is 0.640. The lowest BCUT2D eigenvalue weighted by Crippen LogP contribution is -2.03. The molecule has 102 valence electrons. The summed E-state index contributed by atoms with van der Waals surface area (Å²) in [5, 5.41) is 0. The van der Waals surface area contributed by atoms with Crippen molar-refractivity contribution in [2.75, 3.05) is 0 Å². The van der Waals surface area contributed by atoms with Crippen LogP contribution in [0.5, 0.6) is 0 Å². The lowest BCUT2D eigenvalue weighted by molar-refractivity contribution is -0.137. The van der Waals surface area contributed by atoms with Crippen molar-refractivity contribution < 1.29 is 13.2 Å². The van der Waals surface area contributed by atoms with Crippen LogP contribution in [0.15, 0.2) is 60.3 Å². The molecule has 0 N–H and O–H groups in total. The molecule has 3 heteroatoms. The van der Waals surface area contributed by atoms with Crippen LogP contribution >= 0.6 is 0 Å². The molecular weight excluding hydrogens is 261 g/mol. The van der Waals surface area contributed by atoms with Gasteiger partial charge in [0.25, 0.3) is 0 Å². The molecule has 0 aliphatic heterocycles. The quantitative estimate of drug-likeness (QED) is 0.641. The Bertz CT molecular complexity index is 628. The Morgan fingerprint density at radius 1 is 0.950 bits per heavy atom. The lowest BCUT2D eigenvalue weighted by Gasteiger charge is -2.05. The summed E-state index contributed by atoms with van der Waals surface area (Å²) in [5.41, 5.74) is 5.10. The van der Waals surface area contributed by atoms with Gasteiger partial charge >= 0.3 is 6.18 Å². The molecule has 0 atom stereocenters. The minimum Gasteiger partial charge on any atom is -0.166 e. The summed E-state index contributed by atoms with van der Waals surface area (Å²) in [6, 6.07) is 14.7. The number of benzene rings is 2. The van der Waals surface area contributed by atoms with E-state index < -0.39 is 11.7 Å². The zero-order valence-corrected chi connectivity index (χ0v) is 10.9. The highest BCUT2D eigenvalue weighted by atomic mass is 19.4. The van der Waals surface area contributed by atoms with Crippen LogP contribution in [0, 0.1) is 0 Å². The van der Waals surface area contributed by atoms with Gasteiger partial charge in [0.1, 0.15) is 0 Å². The van der Waals surface area contributed by atoms with Gasteiger partial charge in [-0.1, -0.05) is 42.5 Å². The van der Waals surface area contributed by atoms with Crippen LogP contribution < -0.4 is 0 Å². The van der Waals surface area contributed by atoms with Gasteiger partial charge in [-0.15, -0.1) is 5.73 Å². The molecule has 0 spiro atoms. The SMILES string of the molecule is CC(=C=Cc1ccc(C(F)(F)F)cc1)c1ccccc1. The molecule has 0 aliphatic carbocycles. The number of halogens is 3. The summed E-state index contributed by atoms with van der Waals surface area (Å²) in [5.74, 6) is 0.